The van der Waals surface area contributed by atoms with E-state index >= 15 is 0 Å². The van der Waals surface area contributed by atoms with Gasteiger partial charge in [0.1, 0.15) is 6.54 Å². The zero-order valence-electron chi connectivity index (χ0n) is 7.71. The van der Waals surface area contributed by atoms with Crippen LogP contribution < -0.4 is 0 Å². The van der Waals surface area contributed by atoms with Crippen LogP contribution in [0.3, 0.4) is 0 Å². The Labute approximate surface area is 94.6 Å². The summed E-state index contributed by atoms with van der Waals surface area (Å²) in [6.07, 6.45) is -0.817. The van der Waals surface area contributed by atoms with Gasteiger partial charge in [0.15, 0.2) is 0 Å². The smallest absolute Gasteiger partial charge is 0.257 e. The number of rotatable bonds is 5. The Morgan fingerprint density at radius 1 is 1.64 bits per heavy atom. The molecule has 0 saturated heterocycles. The number of ether oxygens (including phenoxy) is 1. The third-order valence-electron chi connectivity index (χ3n) is 1.65. The second-order valence-electron chi connectivity index (χ2n) is 2.65. The fourth-order valence-electron chi connectivity index (χ4n) is 1.02. The predicted octanol–water partition coefficient (Wildman–Crippen LogP) is 2.29. The molecule has 1 aromatic heterocycles. The zero-order chi connectivity index (χ0) is 10.6. The van der Waals surface area contributed by atoms with E-state index in [0.717, 1.165) is 3.57 Å². The van der Waals surface area contributed by atoms with E-state index in [0.29, 0.717) is 18.9 Å². The molecular formula is C8H11F2IN2O. The van der Waals surface area contributed by atoms with Crippen LogP contribution in [-0.2, 0) is 17.9 Å². The summed E-state index contributed by atoms with van der Waals surface area (Å²) in [7, 11) is 0. The predicted molar refractivity (Wildman–Crippen MR) is 56.3 cm³/mol. The van der Waals surface area contributed by atoms with Crippen LogP contribution in [0.25, 0.3) is 0 Å². The maximum absolute atomic E-state index is 12.1. The summed E-state index contributed by atoms with van der Waals surface area (Å²) in [4.78, 5) is 0. The standard InChI is InChI=1S/C8H11F2IN2O/c1-2-14-5-7-6(11)3-12-13(7)4-8(9)10/h3,8H,2,4-5H2,1H3. The van der Waals surface area contributed by atoms with E-state index in [1.54, 1.807) is 6.20 Å². The number of aromatic nitrogens is 2. The van der Waals surface area contributed by atoms with Crippen molar-refractivity contribution in [3.05, 3.63) is 15.5 Å². The first kappa shape index (κ1) is 11.8. The molecule has 0 aliphatic heterocycles. The molecule has 0 aliphatic rings. The lowest BCUT2D eigenvalue weighted by molar-refractivity contribution is 0.104. The minimum absolute atomic E-state index is 0.335. The molecule has 3 nitrogen and oxygen atoms in total. The van der Waals surface area contributed by atoms with Gasteiger partial charge in [0.05, 0.1) is 22.1 Å². The van der Waals surface area contributed by atoms with Gasteiger partial charge in [-0.15, -0.1) is 0 Å². The molecule has 0 saturated carbocycles. The second kappa shape index (κ2) is 5.59. The Balaban J connectivity index is 2.72. The van der Waals surface area contributed by atoms with Gasteiger partial charge in [0, 0.05) is 6.61 Å². The molecule has 0 unspecified atom stereocenters. The molecular weight excluding hydrogens is 305 g/mol. The molecule has 1 rings (SSSR count). The molecule has 0 amide bonds. The van der Waals surface area contributed by atoms with Crippen LogP contribution in [0.1, 0.15) is 12.6 Å². The average molecular weight is 316 g/mol. The third-order valence-corrected chi connectivity index (χ3v) is 2.55. The lowest BCUT2D eigenvalue weighted by Crippen LogP contribution is -2.12. The van der Waals surface area contributed by atoms with Crippen LogP contribution in [-0.4, -0.2) is 22.8 Å². The molecule has 0 aliphatic carbocycles. The van der Waals surface area contributed by atoms with E-state index in [1.807, 2.05) is 6.92 Å². The third kappa shape index (κ3) is 3.16. The summed E-state index contributed by atoms with van der Waals surface area (Å²) >= 11 is 2.06. The van der Waals surface area contributed by atoms with Crippen molar-refractivity contribution >= 4 is 22.6 Å². The molecule has 6 heteroatoms. The molecule has 0 radical (unpaired) electrons. The Kier molecular flexibility index (Phi) is 4.73. The van der Waals surface area contributed by atoms with Crippen LogP contribution in [0, 0.1) is 3.57 Å². The quantitative estimate of drug-likeness (QED) is 0.780. The molecule has 0 spiro atoms. The topological polar surface area (TPSA) is 27.1 Å². The summed E-state index contributed by atoms with van der Waals surface area (Å²) < 4.78 is 31.6. The highest BCUT2D eigenvalue weighted by Crippen LogP contribution is 2.14. The van der Waals surface area contributed by atoms with Crippen molar-refractivity contribution in [3.8, 4) is 0 Å². The zero-order valence-corrected chi connectivity index (χ0v) is 9.87. The number of alkyl halides is 2. The van der Waals surface area contributed by atoms with Crippen molar-refractivity contribution in [3.63, 3.8) is 0 Å². The first-order chi connectivity index (χ1) is 6.65. The van der Waals surface area contributed by atoms with Gasteiger partial charge in [-0.1, -0.05) is 0 Å². The van der Waals surface area contributed by atoms with Crippen molar-refractivity contribution in [2.45, 2.75) is 26.5 Å². The van der Waals surface area contributed by atoms with Crippen molar-refractivity contribution in [2.75, 3.05) is 6.61 Å². The van der Waals surface area contributed by atoms with E-state index < -0.39 is 6.43 Å². The van der Waals surface area contributed by atoms with Crippen molar-refractivity contribution < 1.29 is 13.5 Å². The van der Waals surface area contributed by atoms with Crippen LogP contribution >= 0.6 is 22.6 Å². The van der Waals surface area contributed by atoms with Crippen molar-refractivity contribution in [1.82, 2.24) is 9.78 Å². The van der Waals surface area contributed by atoms with Crippen LogP contribution in [0.15, 0.2) is 6.20 Å². The van der Waals surface area contributed by atoms with Crippen LogP contribution in [0.5, 0.6) is 0 Å². The normalized spacial score (nSPS) is 11.2. The summed E-state index contributed by atoms with van der Waals surface area (Å²) in [5.74, 6) is 0. The fraction of sp³-hybridized carbons (Fsp3) is 0.625. The highest BCUT2D eigenvalue weighted by atomic mass is 127. The summed E-state index contributed by atoms with van der Waals surface area (Å²) in [5.41, 5.74) is 0.716. The minimum atomic E-state index is -2.38. The van der Waals surface area contributed by atoms with E-state index in [-0.39, 0.29) is 6.54 Å². The largest absolute Gasteiger partial charge is 0.375 e. The maximum atomic E-state index is 12.1. The lowest BCUT2D eigenvalue weighted by atomic mass is 10.4. The highest BCUT2D eigenvalue weighted by molar-refractivity contribution is 14.1. The maximum Gasteiger partial charge on any atom is 0.257 e. The fourth-order valence-corrected chi connectivity index (χ4v) is 1.58. The van der Waals surface area contributed by atoms with Gasteiger partial charge >= 0.3 is 0 Å². The molecule has 1 aromatic rings. The van der Waals surface area contributed by atoms with Gasteiger partial charge in [0.25, 0.3) is 6.43 Å². The Bertz CT molecular complexity index is 291. The number of halogens is 3. The minimum Gasteiger partial charge on any atom is -0.375 e. The Morgan fingerprint density at radius 2 is 2.36 bits per heavy atom. The van der Waals surface area contributed by atoms with E-state index in [2.05, 4.69) is 27.7 Å². The SMILES string of the molecule is CCOCc1c(I)cnn1CC(F)F. The number of hydrogen-bond donors (Lipinski definition) is 0. The van der Waals surface area contributed by atoms with Gasteiger partial charge in [0.2, 0.25) is 0 Å². The molecule has 0 fully saturated rings. The van der Waals surface area contributed by atoms with Gasteiger partial charge in [-0.05, 0) is 29.5 Å². The molecule has 0 atom stereocenters. The number of hydrogen-bond acceptors (Lipinski definition) is 2. The van der Waals surface area contributed by atoms with Gasteiger partial charge < -0.3 is 4.74 Å². The van der Waals surface area contributed by atoms with Crippen LogP contribution in [0.4, 0.5) is 8.78 Å². The number of nitrogens with zero attached hydrogens (tertiary/aromatic N) is 2. The molecule has 0 bridgehead atoms. The van der Waals surface area contributed by atoms with Crippen molar-refractivity contribution in [1.29, 1.82) is 0 Å². The molecule has 0 aromatic carbocycles. The molecule has 0 N–H and O–H groups in total. The Hall–Kier alpha value is -0.240. The van der Waals surface area contributed by atoms with Gasteiger partial charge in [-0.25, -0.2) is 8.78 Å². The summed E-state index contributed by atoms with van der Waals surface area (Å²) in [5, 5.41) is 3.86. The van der Waals surface area contributed by atoms with Gasteiger partial charge in [-0.2, -0.15) is 5.10 Å². The monoisotopic (exact) mass is 316 g/mol. The van der Waals surface area contributed by atoms with E-state index in [4.69, 9.17) is 4.74 Å². The molecule has 1 heterocycles. The summed E-state index contributed by atoms with van der Waals surface area (Å²) in [6, 6.07) is 0. The molecule has 14 heavy (non-hydrogen) atoms. The van der Waals surface area contributed by atoms with E-state index in [9.17, 15) is 8.78 Å². The van der Waals surface area contributed by atoms with Gasteiger partial charge in [-0.3, -0.25) is 4.68 Å². The average Bonchev–Trinajstić information content (AvgIpc) is 2.44. The first-order valence-electron chi connectivity index (χ1n) is 4.21. The Morgan fingerprint density at radius 3 is 2.93 bits per heavy atom. The summed E-state index contributed by atoms with van der Waals surface area (Å²) in [6.45, 7) is 2.39. The molecule has 80 valence electrons. The van der Waals surface area contributed by atoms with Crippen LogP contribution in [0.2, 0.25) is 0 Å². The van der Waals surface area contributed by atoms with Crippen molar-refractivity contribution in [2.24, 2.45) is 0 Å². The first-order valence-corrected chi connectivity index (χ1v) is 5.29. The second-order valence-corrected chi connectivity index (χ2v) is 3.81. The van der Waals surface area contributed by atoms with E-state index in [1.165, 1.54) is 4.68 Å². The highest BCUT2D eigenvalue weighted by Gasteiger charge is 2.12. The lowest BCUT2D eigenvalue weighted by Gasteiger charge is -2.07.